The zero-order valence-corrected chi connectivity index (χ0v) is 10.3. The van der Waals surface area contributed by atoms with Crippen molar-refractivity contribution in [2.24, 2.45) is 0 Å². The van der Waals surface area contributed by atoms with Crippen LogP contribution in [0.5, 0.6) is 0 Å². The first-order valence-corrected chi connectivity index (χ1v) is 6.70. The second-order valence-electron chi connectivity index (χ2n) is 4.85. The van der Waals surface area contributed by atoms with Crippen LogP contribution >= 0.6 is 0 Å². The highest BCUT2D eigenvalue weighted by molar-refractivity contribution is 5.31. The van der Waals surface area contributed by atoms with Crippen molar-refractivity contribution in [3.8, 4) is 0 Å². The molecule has 1 N–H and O–H groups in total. The van der Waals surface area contributed by atoms with Gasteiger partial charge < -0.3 is 5.32 Å². The maximum atomic E-state index is 3.57. The fraction of sp³-hybridized carbons (Fsp3) is 0.600. The quantitative estimate of drug-likeness (QED) is 0.601. The van der Waals surface area contributed by atoms with Gasteiger partial charge >= 0.3 is 0 Å². The average Bonchev–Trinajstić information content (AvgIpc) is 2.52. The van der Waals surface area contributed by atoms with Gasteiger partial charge in [-0.1, -0.05) is 37.6 Å². The van der Waals surface area contributed by atoms with Crippen molar-refractivity contribution in [2.45, 2.75) is 44.9 Å². The summed E-state index contributed by atoms with van der Waals surface area (Å²) in [5.41, 5.74) is 3.19. The Morgan fingerprint density at radius 1 is 1.25 bits per heavy atom. The summed E-state index contributed by atoms with van der Waals surface area (Å²) in [6, 6.07) is 9.02. The van der Waals surface area contributed by atoms with Gasteiger partial charge in [0.25, 0.3) is 0 Å². The monoisotopic (exact) mass is 217 g/mol. The van der Waals surface area contributed by atoms with E-state index >= 15 is 0 Å². The van der Waals surface area contributed by atoms with E-state index in [4.69, 9.17) is 0 Å². The predicted octanol–water partition coefficient (Wildman–Crippen LogP) is 3.50. The van der Waals surface area contributed by atoms with Gasteiger partial charge in [0, 0.05) is 6.54 Å². The predicted molar refractivity (Wildman–Crippen MR) is 69.9 cm³/mol. The Kier molecular flexibility index (Phi) is 4.41. The summed E-state index contributed by atoms with van der Waals surface area (Å²) in [5.74, 6) is 0.741. The minimum Gasteiger partial charge on any atom is -0.316 e. The van der Waals surface area contributed by atoms with Crippen molar-refractivity contribution in [2.75, 3.05) is 13.1 Å². The molecule has 1 heteroatoms. The Labute approximate surface area is 99.3 Å². The Morgan fingerprint density at radius 2 is 2.12 bits per heavy atom. The summed E-state index contributed by atoms with van der Waals surface area (Å²) in [7, 11) is 0. The van der Waals surface area contributed by atoms with Gasteiger partial charge in [0.1, 0.15) is 0 Å². The summed E-state index contributed by atoms with van der Waals surface area (Å²) in [4.78, 5) is 0. The van der Waals surface area contributed by atoms with E-state index in [0.29, 0.717) is 0 Å². The summed E-state index contributed by atoms with van der Waals surface area (Å²) >= 11 is 0. The van der Waals surface area contributed by atoms with Crippen molar-refractivity contribution in [3.63, 3.8) is 0 Å². The number of rotatable bonds is 4. The molecule has 0 fully saturated rings. The van der Waals surface area contributed by atoms with Crippen LogP contribution in [0.3, 0.4) is 0 Å². The second-order valence-corrected chi connectivity index (χ2v) is 4.85. The molecule has 0 radical (unpaired) electrons. The van der Waals surface area contributed by atoms with E-state index in [1.165, 1.54) is 32.1 Å². The Bertz CT molecular complexity index is 319. The van der Waals surface area contributed by atoms with Crippen LogP contribution in [0, 0.1) is 0 Å². The lowest BCUT2D eigenvalue weighted by atomic mass is 9.92. The molecule has 1 nitrogen and oxygen atoms in total. The van der Waals surface area contributed by atoms with Crippen LogP contribution in [-0.2, 0) is 6.42 Å². The number of benzene rings is 1. The molecule has 0 amide bonds. The molecule has 1 atom stereocenters. The molecule has 1 aromatic carbocycles. The molecule has 0 saturated carbocycles. The number of fused-ring (bicyclic) bond motifs is 1. The molecule has 16 heavy (non-hydrogen) atoms. The highest BCUT2D eigenvalue weighted by atomic mass is 14.8. The lowest BCUT2D eigenvalue weighted by molar-refractivity contribution is 0.537. The van der Waals surface area contributed by atoms with Crippen molar-refractivity contribution in [3.05, 3.63) is 35.4 Å². The first-order valence-electron chi connectivity index (χ1n) is 6.70. The molecule has 88 valence electrons. The van der Waals surface area contributed by atoms with E-state index in [9.17, 15) is 0 Å². The zero-order chi connectivity index (χ0) is 11.2. The first kappa shape index (κ1) is 11.7. The van der Waals surface area contributed by atoms with Crippen LogP contribution in [0.1, 0.15) is 49.7 Å². The first-order chi connectivity index (χ1) is 7.92. The minimum atomic E-state index is 0.741. The molecule has 1 unspecified atom stereocenters. The molecule has 0 aliphatic heterocycles. The summed E-state index contributed by atoms with van der Waals surface area (Å²) in [6.07, 6.45) is 6.61. The van der Waals surface area contributed by atoms with Gasteiger partial charge in [-0.05, 0) is 49.3 Å². The van der Waals surface area contributed by atoms with Crippen LogP contribution in [0.2, 0.25) is 0 Å². The molecule has 0 aromatic heterocycles. The number of hydrogen-bond acceptors (Lipinski definition) is 1. The van der Waals surface area contributed by atoms with E-state index in [1.54, 1.807) is 11.1 Å². The normalized spacial score (nSPS) is 20.2. The van der Waals surface area contributed by atoms with Crippen molar-refractivity contribution < 1.29 is 0 Å². The molecule has 1 aliphatic rings. The topological polar surface area (TPSA) is 12.0 Å². The van der Waals surface area contributed by atoms with Crippen molar-refractivity contribution in [1.29, 1.82) is 0 Å². The molecule has 1 aliphatic carbocycles. The van der Waals surface area contributed by atoms with E-state index in [0.717, 1.165) is 19.0 Å². The van der Waals surface area contributed by atoms with E-state index in [-0.39, 0.29) is 0 Å². The van der Waals surface area contributed by atoms with Gasteiger partial charge in [-0.3, -0.25) is 0 Å². The summed E-state index contributed by atoms with van der Waals surface area (Å²) in [5, 5.41) is 3.57. The van der Waals surface area contributed by atoms with Gasteiger partial charge in [0.05, 0.1) is 0 Å². The Hall–Kier alpha value is -0.820. The van der Waals surface area contributed by atoms with Crippen LogP contribution in [-0.4, -0.2) is 13.1 Å². The third-order valence-electron chi connectivity index (χ3n) is 3.56. The van der Waals surface area contributed by atoms with Gasteiger partial charge in [0.15, 0.2) is 0 Å². The molecular formula is C15H23N. The van der Waals surface area contributed by atoms with Gasteiger partial charge in [-0.15, -0.1) is 0 Å². The molecule has 2 rings (SSSR count). The molecule has 1 aromatic rings. The molecule has 0 heterocycles. The Balaban J connectivity index is 2.06. The standard InChI is InChI=1S/C15H23N/c1-2-11-16-12-14-9-4-3-7-13-8-5-6-10-15(13)14/h5-6,8,10,14,16H,2-4,7,9,11-12H2,1H3. The lowest BCUT2D eigenvalue weighted by Gasteiger charge is -2.18. The minimum absolute atomic E-state index is 0.741. The van der Waals surface area contributed by atoms with Gasteiger partial charge in [-0.25, -0.2) is 0 Å². The van der Waals surface area contributed by atoms with Crippen LogP contribution in [0.25, 0.3) is 0 Å². The van der Waals surface area contributed by atoms with Crippen LogP contribution in [0.15, 0.2) is 24.3 Å². The summed E-state index contributed by atoms with van der Waals surface area (Å²) in [6.45, 7) is 4.54. The fourth-order valence-corrected chi connectivity index (χ4v) is 2.69. The maximum absolute atomic E-state index is 3.57. The largest absolute Gasteiger partial charge is 0.316 e. The van der Waals surface area contributed by atoms with Crippen LogP contribution < -0.4 is 5.32 Å². The number of aryl methyl sites for hydroxylation is 1. The maximum Gasteiger partial charge on any atom is 0.00202 e. The lowest BCUT2D eigenvalue weighted by Crippen LogP contribution is -2.22. The Morgan fingerprint density at radius 3 is 3.00 bits per heavy atom. The number of hydrogen-bond donors (Lipinski definition) is 1. The van der Waals surface area contributed by atoms with Gasteiger partial charge in [0.2, 0.25) is 0 Å². The number of nitrogens with one attached hydrogen (secondary N) is 1. The zero-order valence-electron chi connectivity index (χ0n) is 10.3. The SMILES string of the molecule is CCCNCC1CCCCc2ccccc21. The molecule has 0 bridgehead atoms. The third kappa shape index (κ3) is 2.85. The molecule has 0 saturated heterocycles. The van der Waals surface area contributed by atoms with E-state index in [2.05, 4.69) is 36.5 Å². The highest BCUT2D eigenvalue weighted by Crippen LogP contribution is 2.29. The smallest absolute Gasteiger partial charge is 0.00202 e. The van der Waals surface area contributed by atoms with Gasteiger partial charge in [-0.2, -0.15) is 0 Å². The van der Waals surface area contributed by atoms with E-state index < -0.39 is 0 Å². The summed E-state index contributed by atoms with van der Waals surface area (Å²) < 4.78 is 0. The third-order valence-corrected chi connectivity index (χ3v) is 3.56. The van der Waals surface area contributed by atoms with Crippen molar-refractivity contribution >= 4 is 0 Å². The van der Waals surface area contributed by atoms with Crippen LogP contribution in [0.4, 0.5) is 0 Å². The highest BCUT2D eigenvalue weighted by Gasteiger charge is 2.17. The fourth-order valence-electron chi connectivity index (χ4n) is 2.69. The second kappa shape index (κ2) is 6.05. The average molecular weight is 217 g/mol. The van der Waals surface area contributed by atoms with Crippen molar-refractivity contribution in [1.82, 2.24) is 5.32 Å². The molecular weight excluding hydrogens is 194 g/mol. The molecule has 0 spiro atoms. The van der Waals surface area contributed by atoms with E-state index in [1.807, 2.05) is 0 Å².